The van der Waals surface area contributed by atoms with Gasteiger partial charge in [0.2, 0.25) is 0 Å². The van der Waals surface area contributed by atoms with Crippen molar-refractivity contribution in [3.8, 4) is 0 Å². The van der Waals surface area contributed by atoms with E-state index in [9.17, 15) is 9.90 Å². The molecule has 3 heterocycles. The first-order valence-electron chi connectivity index (χ1n) is 14.4. The Balaban J connectivity index is 1.43. The molecule has 4 aliphatic rings. The Bertz CT molecular complexity index is 1120. The summed E-state index contributed by atoms with van der Waals surface area (Å²) in [5.41, 5.74) is 4.10. The third-order valence-electron chi connectivity index (χ3n) is 9.35. The molecule has 2 unspecified atom stereocenters. The van der Waals surface area contributed by atoms with Gasteiger partial charge in [-0.2, -0.15) is 0 Å². The summed E-state index contributed by atoms with van der Waals surface area (Å²) in [4.78, 5) is 31.3. The maximum Gasteiger partial charge on any atom is 0.427 e. The number of hydrogen-bond acceptors (Lipinski definition) is 8. The fourth-order valence-corrected chi connectivity index (χ4v) is 6.64. The standard InChI is InChI=1S/C27H41N7O3/c1-15-10-12-17(13-11-15)14-34-20-22(28-16(2)18-8-5-9-18)29-24(25-32-27(36)37-33-25)30-23(20)31-26(34)21(35)19-6-3-4-7-19/h15-19,21,25,33,35H,3-14H2,1-2H3,(H,32,36)(H,28,29,30)/t15?,16-,17?,21?,25?/m1/s1. The van der Waals surface area contributed by atoms with Crippen molar-refractivity contribution in [2.45, 2.75) is 109 Å². The number of hydrogen-bond donors (Lipinski definition) is 4. The van der Waals surface area contributed by atoms with Crippen LogP contribution in [0.15, 0.2) is 0 Å². The lowest BCUT2D eigenvalue weighted by molar-refractivity contribution is 0.0975. The summed E-state index contributed by atoms with van der Waals surface area (Å²) in [6.45, 7) is 5.38. The van der Waals surface area contributed by atoms with Crippen LogP contribution in [0.2, 0.25) is 0 Å². The van der Waals surface area contributed by atoms with Crippen molar-refractivity contribution in [3.05, 3.63) is 11.6 Å². The van der Waals surface area contributed by atoms with Crippen molar-refractivity contribution in [3.63, 3.8) is 0 Å². The van der Waals surface area contributed by atoms with Crippen molar-refractivity contribution in [1.29, 1.82) is 0 Å². The maximum atomic E-state index is 11.7. The highest BCUT2D eigenvalue weighted by Gasteiger charge is 2.34. The second-order valence-electron chi connectivity index (χ2n) is 12.0. The van der Waals surface area contributed by atoms with Gasteiger partial charge in [-0.25, -0.2) is 19.7 Å². The van der Waals surface area contributed by atoms with Gasteiger partial charge < -0.3 is 19.8 Å². The number of fused-ring (bicyclic) bond motifs is 1. The lowest BCUT2D eigenvalue weighted by atomic mass is 9.80. The molecule has 0 aromatic carbocycles. The SMILES string of the molecule is CC1CCC(Cn2c(C(O)C3CCCC3)nc3nc(C4NOC(=O)N4)nc(N[C@H](C)C4CCC4)c32)CC1. The summed E-state index contributed by atoms with van der Waals surface area (Å²) >= 11 is 0. The van der Waals surface area contributed by atoms with Crippen LogP contribution in [-0.2, 0) is 11.4 Å². The molecule has 202 valence electrons. The van der Waals surface area contributed by atoms with E-state index in [2.05, 4.69) is 34.5 Å². The minimum atomic E-state index is -0.648. The molecule has 10 nitrogen and oxygen atoms in total. The van der Waals surface area contributed by atoms with E-state index in [1.54, 1.807) is 0 Å². The average molecular weight is 512 g/mol. The maximum absolute atomic E-state index is 11.7. The Morgan fingerprint density at radius 3 is 2.41 bits per heavy atom. The van der Waals surface area contributed by atoms with E-state index in [4.69, 9.17) is 19.8 Å². The number of rotatable bonds is 8. The summed E-state index contributed by atoms with van der Waals surface area (Å²) in [5.74, 6) is 4.00. The average Bonchev–Trinajstić information content (AvgIpc) is 3.59. The van der Waals surface area contributed by atoms with Gasteiger partial charge in [0.15, 0.2) is 23.5 Å². The molecule has 37 heavy (non-hydrogen) atoms. The number of imidazole rings is 1. The molecular weight excluding hydrogens is 470 g/mol. The van der Waals surface area contributed by atoms with Gasteiger partial charge in [-0.3, -0.25) is 5.32 Å². The van der Waals surface area contributed by atoms with E-state index < -0.39 is 18.4 Å². The number of amides is 1. The monoisotopic (exact) mass is 511 g/mol. The van der Waals surface area contributed by atoms with Gasteiger partial charge in [0.25, 0.3) is 0 Å². The predicted molar refractivity (Wildman–Crippen MR) is 139 cm³/mol. The number of nitrogens with one attached hydrogen (secondary N) is 3. The van der Waals surface area contributed by atoms with E-state index in [-0.39, 0.29) is 12.0 Å². The van der Waals surface area contributed by atoms with Crippen LogP contribution in [0.1, 0.15) is 108 Å². The molecule has 10 heteroatoms. The first-order chi connectivity index (χ1) is 18.0. The zero-order chi connectivity index (χ0) is 25.5. The Labute approximate surface area is 218 Å². The minimum absolute atomic E-state index is 0.226. The van der Waals surface area contributed by atoms with Gasteiger partial charge in [0.05, 0.1) is 0 Å². The smallest absolute Gasteiger partial charge is 0.385 e. The molecule has 0 radical (unpaired) electrons. The van der Waals surface area contributed by atoms with Crippen molar-refractivity contribution in [2.75, 3.05) is 5.32 Å². The topological polar surface area (TPSA) is 126 Å². The van der Waals surface area contributed by atoms with E-state index in [1.807, 2.05) is 0 Å². The number of nitrogens with zero attached hydrogens (tertiary/aromatic N) is 4. The van der Waals surface area contributed by atoms with Gasteiger partial charge in [-0.05, 0) is 69.1 Å². The van der Waals surface area contributed by atoms with Crippen molar-refractivity contribution in [2.24, 2.45) is 23.7 Å². The van der Waals surface area contributed by atoms with E-state index in [0.717, 1.165) is 49.5 Å². The zero-order valence-electron chi connectivity index (χ0n) is 22.1. The van der Waals surface area contributed by atoms with Gasteiger partial charge >= 0.3 is 6.09 Å². The molecule has 0 spiro atoms. The molecule has 2 aromatic rings. The van der Waals surface area contributed by atoms with Crippen LogP contribution in [-0.4, -0.2) is 36.8 Å². The second kappa shape index (κ2) is 10.4. The first-order valence-corrected chi connectivity index (χ1v) is 14.4. The molecule has 6 rings (SSSR count). The van der Waals surface area contributed by atoms with Crippen LogP contribution >= 0.6 is 0 Å². The Kier molecular flexibility index (Phi) is 6.96. The first kappa shape index (κ1) is 24.9. The van der Waals surface area contributed by atoms with Gasteiger partial charge in [0.1, 0.15) is 17.4 Å². The number of aliphatic hydroxyl groups is 1. The summed E-state index contributed by atoms with van der Waals surface area (Å²) < 4.78 is 2.23. The molecule has 3 saturated carbocycles. The normalized spacial score (nSPS) is 28.6. The molecule has 3 atom stereocenters. The molecule has 4 N–H and O–H groups in total. The molecule has 0 bridgehead atoms. The molecular formula is C27H41N7O3. The highest BCUT2D eigenvalue weighted by atomic mass is 16.7. The lowest BCUT2D eigenvalue weighted by Gasteiger charge is -2.32. The number of aliphatic hydroxyl groups excluding tert-OH is 1. The lowest BCUT2D eigenvalue weighted by Crippen LogP contribution is -2.32. The van der Waals surface area contributed by atoms with Crippen LogP contribution in [0, 0.1) is 23.7 Å². The van der Waals surface area contributed by atoms with Crippen LogP contribution in [0.5, 0.6) is 0 Å². The molecule has 4 fully saturated rings. The summed E-state index contributed by atoms with van der Waals surface area (Å²) in [7, 11) is 0. The van der Waals surface area contributed by atoms with Gasteiger partial charge in [-0.15, -0.1) is 5.48 Å². The third-order valence-corrected chi connectivity index (χ3v) is 9.35. The summed E-state index contributed by atoms with van der Waals surface area (Å²) in [6.07, 6.45) is 11.1. The summed E-state index contributed by atoms with van der Waals surface area (Å²) in [6, 6.07) is 0.254. The van der Waals surface area contributed by atoms with E-state index in [1.165, 1.54) is 44.9 Å². The van der Waals surface area contributed by atoms with Crippen molar-refractivity contribution < 1.29 is 14.7 Å². The van der Waals surface area contributed by atoms with Crippen LogP contribution < -0.4 is 16.1 Å². The predicted octanol–water partition coefficient (Wildman–Crippen LogP) is 4.72. The minimum Gasteiger partial charge on any atom is -0.385 e. The van der Waals surface area contributed by atoms with E-state index in [0.29, 0.717) is 29.1 Å². The van der Waals surface area contributed by atoms with Gasteiger partial charge in [0, 0.05) is 12.6 Å². The molecule has 1 saturated heterocycles. The molecule has 1 aliphatic heterocycles. The number of carbonyl (C=O) groups excluding carboxylic acids is 1. The number of hydroxylamine groups is 1. The zero-order valence-corrected chi connectivity index (χ0v) is 22.1. The van der Waals surface area contributed by atoms with Crippen LogP contribution in [0.4, 0.5) is 10.6 Å². The Morgan fingerprint density at radius 1 is 1.03 bits per heavy atom. The number of anilines is 1. The van der Waals surface area contributed by atoms with Crippen molar-refractivity contribution in [1.82, 2.24) is 30.3 Å². The molecule has 3 aliphatic carbocycles. The fourth-order valence-electron chi connectivity index (χ4n) is 6.64. The van der Waals surface area contributed by atoms with Crippen LogP contribution in [0.25, 0.3) is 11.2 Å². The molecule has 1 amide bonds. The van der Waals surface area contributed by atoms with Crippen LogP contribution in [0.3, 0.4) is 0 Å². The number of aromatic nitrogens is 4. The third kappa shape index (κ3) is 5.02. The van der Waals surface area contributed by atoms with Crippen molar-refractivity contribution >= 4 is 23.1 Å². The Morgan fingerprint density at radius 2 is 1.76 bits per heavy atom. The number of carbonyl (C=O) groups is 1. The highest BCUT2D eigenvalue weighted by molar-refractivity contribution is 5.84. The Hall–Kier alpha value is -2.46. The quantitative estimate of drug-likeness (QED) is 0.401. The summed E-state index contributed by atoms with van der Waals surface area (Å²) in [5, 5.41) is 18.0. The van der Waals surface area contributed by atoms with E-state index >= 15 is 0 Å². The largest absolute Gasteiger partial charge is 0.427 e. The highest BCUT2D eigenvalue weighted by Crippen LogP contribution is 2.39. The molecule has 2 aromatic heterocycles. The fraction of sp³-hybridized carbons (Fsp3) is 0.778. The van der Waals surface area contributed by atoms with Gasteiger partial charge in [-0.1, -0.05) is 39.0 Å². The second-order valence-corrected chi connectivity index (χ2v) is 12.0.